The molecule has 0 heterocycles. The maximum absolute atomic E-state index is 12.0. The zero-order valence-electron chi connectivity index (χ0n) is 12.4. The molecule has 1 amide bonds. The molecule has 0 aromatic heterocycles. The van der Waals surface area contributed by atoms with Crippen LogP contribution in [0, 0.1) is 0 Å². The summed E-state index contributed by atoms with van der Waals surface area (Å²) in [5.74, 6) is 0.752. The van der Waals surface area contributed by atoms with Crippen molar-refractivity contribution in [1.29, 1.82) is 0 Å². The topological polar surface area (TPSA) is 41.6 Å². The summed E-state index contributed by atoms with van der Waals surface area (Å²) in [5.41, 5.74) is 1.78. The van der Waals surface area contributed by atoms with Gasteiger partial charge in [0.15, 0.2) is 0 Å². The molecular formula is C17H20N2O2. The Hall–Kier alpha value is -2.49. The molecule has 0 unspecified atom stereocenters. The molecule has 0 bridgehead atoms. The molecule has 4 heteroatoms. The number of carbonyl (C=O) groups is 1. The molecule has 0 fully saturated rings. The third kappa shape index (κ3) is 4.53. The van der Waals surface area contributed by atoms with Gasteiger partial charge in [0, 0.05) is 18.4 Å². The van der Waals surface area contributed by atoms with Crippen molar-refractivity contribution in [2.45, 2.75) is 6.92 Å². The van der Waals surface area contributed by atoms with Gasteiger partial charge < -0.3 is 15.0 Å². The number of nitrogens with zero attached hydrogens (tertiary/aromatic N) is 1. The monoisotopic (exact) mass is 284 g/mol. The number of carbonyl (C=O) groups excluding carboxylic acids is 1. The first-order chi connectivity index (χ1) is 10.2. The first kappa shape index (κ1) is 14.9. The fourth-order valence-corrected chi connectivity index (χ4v) is 1.99. The van der Waals surface area contributed by atoms with E-state index in [1.54, 1.807) is 0 Å². The van der Waals surface area contributed by atoms with Crippen LogP contribution in [0.15, 0.2) is 54.6 Å². The maximum Gasteiger partial charge on any atom is 0.243 e. The predicted octanol–water partition coefficient (Wildman–Crippen LogP) is 3.16. The molecule has 2 aromatic carbocycles. The Labute approximate surface area is 125 Å². The fourth-order valence-electron chi connectivity index (χ4n) is 1.99. The van der Waals surface area contributed by atoms with Crippen LogP contribution in [0.5, 0.6) is 5.75 Å². The number of benzene rings is 2. The van der Waals surface area contributed by atoms with Crippen LogP contribution in [-0.4, -0.2) is 26.1 Å². The minimum Gasteiger partial charge on any atom is -0.494 e. The van der Waals surface area contributed by atoms with Gasteiger partial charge in [-0.3, -0.25) is 4.79 Å². The quantitative estimate of drug-likeness (QED) is 0.886. The molecule has 0 saturated carbocycles. The Bertz CT molecular complexity index is 567. The number of likely N-dealkylation sites (N-methyl/N-ethyl adjacent to an activating group) is 1. The van der Waals surface area contributed by atoms with E-state index in [1.807, 2.05) is 73.5 Å². The zero-order valence-corrected chi connectivity index (χ0v) is 12.4. The third-order valence-corrected chi connectivity index (χ3v) is 3.03. The van der Waals surface area contributed by atoms with Gasteiger partial charge >= 0.3 is 0 Å². The standard InChI is InChI=1S/C17H20N2O2/c1-3-21-16-11-9-14(10-12-16)18-17(20)13-19(2)15-7-5-4-6-8-15/h4-12H,3,13H2,1-2H3,(H,18,20). The summed E-state index contributed by atoms with van der Waals surface area (Å²) in [6.45, 7) is 2.87. The number of para-hydroxylation sites is 1. The molecule has 0 spiro atoms. The molecular weight excluding hydrogens is 264 g/mol. The number of anilines is 2. The van der Waals surface area contributed by atoms with Crippen molar-refractivity contribution in [2.24, 2.45) is 0 Å². The Balaban J connectivity index is 1.89. The van der Waals surface area contributed by atoms with Gasteiger partial charge in [-0.25, -0.2) is 0 Å². The van der Waals surface area contributed by atoms with Crippen molar-refractivity contribution in [3.05, 3.63) is 54.6 Å². The fraction of sp³-hybridized carbons (Fsp3) is 0.235. The molecule has 0 aliphatic rings. The van der Waals surface area contributed by atoms with Crippen LogP contribution in [0.4, 0.5) is 11.4 Å². The number of nitrogens with one attached hydrogen (secondary N) is 1. The molecule has 0 atom stereocenters. The van der Waals surface area contributed by atoms with E-state index in [0.717, 1.165) is 17.1 Å². The molecule has 2 rings (SSSR count). The Morgan fingerprint density at radius 3 is 2.38 bits per heavy atom. The van der Waals surface area contributed by atoms with Gasteiger partial charge in [0.25, 0.3) is 0 Å². The second kappa shape index (κ2) is 7.33. The lowest BCUT2D eigenvalue weighted by Gasteiger charge is -2.18. The summed E-state index contributed by atoms with van der Waals surface area (Å²) in [6.07, 6.45) is 0. The molecule has 1 N–H and O–H groups in total. The van der Waals surface area contributed by atoms with Gasteiger partial charge in [-0.15, -0.1) is 0 Å². The number of hydrogen-bond acceptors (Lipinski definition) is 3. The van der Waals surface area contributed by atoms with E-state index < -0.39 is 0 Å². The molecule has 0 radical (unpaired) electrons. The summed E-state index contributed by atoms with van der Waals surface area (Å²) in [5, 5.41) is 2.88. The van der Waals surface area contributed by atoms with E-state index in [9.17, 15) is 4.79 Å². The van der Waals surface area contributed by atoms with E-state index >= 15 is 0 Å². The number of amides is 1. The number of hydrogen-bond donors (Lipinski definition) is 1. The third-order valence-electron chi connectivity index (χ3n) is 3.03. The van der Waals surface area contributed by atoms with Crippen molar-refractivity contribution in [3.8, 4) is 5.75 Å². The Kier molecular flexibility index (Phi) is 5.21. The molecule has 0 aliphatic carbocycles. The molecule has 2 aromatic rings. The molecule has 4 nitrogen and oxygen atoms in total. The van der Waals surface area contributed by atoms with Crippen LogP contribution < -0.4 is 15.0 Å². The van der Waals surface area contributed by atoms with Gasteiger partial charge in [-0.05, 0) is 43.3 Å². The first-order valence-corrected chi connectivity index (χ1v) is 6.98. The lowest BCUT2D eigenvalue weighted by atomic mass is 10.3. The highest BCUT2D eigenvalue weighted by atomic mass is 16.5. The van der Waals surface area contributed by atoms with E-state index in [2.05, 4.69) is 5.32 Å². The van der Waals surface area contributed by atoms with Crippen molar-refractivity contribution in [1.82, 2.24) is 0 Å². The molecule has 21 heavy (non-hydrogen) atoms. The van der Waals surface area contributed by atoms with Crippen LogP contribution in [0.3, 0.4) is 0 Å². The normalized spacial score (nSPS) is 10.0. The first-order valence-electron chi connectivity index (χ1n) is 6.98. The van der Waals surface area contributed by atoms with Gasteiger partial charge in [0.2, 0.25) is 5.91 Å². The maximum atomic E-state index is 12.0. The van der Waals surface area contributed by atoms with Crippen LogP contribution in [-0.2, 0) is 4.79 Å². The smallest absolute Gasteiger partial charge is 0.243 e. The molecule has 0 saturated heterocycles. The second-order valence-electron chi connectivity index (χ2n) is 4.70. The summed E-state index contributed by atoms with van der Waals surface area (Å²) in [7, 11) is 1.90. The largest absolute Gasteiger partial charge is 0.494 e. The van der Waals surface area contributed by atoms with Crippen LogP contribution in [0.1, 0.15) is 6.92 Å². The van der Waals surface area contributed by atoms with Gasteiger partial charge in [0.05, 0.1) is 13.2 Å². The van der Waals surface area contributed by atoms with Crippen molar-refractivity contribution in [2.75, 3.05) is 30.4 Å². The van der Waals surface area contributed by atoms with Crippen molar-refractivity contribution < 1.29 is 9.53 Å². The van der Waals surface area contributed by atoms with Crippen molar-refractivity contribution >= 4 is 17.3 Å². The minimum absolute atomic E-state index is 0.0505. The highest BCUT2D eigenvalue weighted by molar-refractivity contribution is 5.94. The van der Waals surface area contributed by atoms with E-state index in [1.165, 1.54) is 0 Å². The summed E-state index contributed by atoms with van der Waals surface area (Å²) >= 11 is 0. The summed E-state index contributed by atoms with van der Waals surface area (Å²) in [4.78, 5) is 13.9. The predicted molar refractivity (Wildman–Crippen MR) is 86.0 cm³/mol. The zero-order chi connectivity index (χ0) is 15.1. The van der Waals surface area contributed by atoms with Crippen LogP contribution in [0.25, 0.3) is 0 Å². The van der Waals surface area contributed by atoms with E-state index in [0.29, 0.717) is 13.2 Å². The second-order valence-corrected chi connectivity index (χ2v) is 4.70. The minimum atomic E-state index is -0.0505. The summed E-state index contributed by atoms with van der Waals surface area (Å²) in [6, 6.07) is 17.2. The average Bonchev–Trinajstić information content (AvgIpc) is 2.50. The molecule has 110 valence electrons. The molecule has 0 aliphatic heterocycles. The Morgan fingerprint density at radius 2 is 1.76 bits per heavy atom. The summed E-state index contributed by atoms with van der Waals surface area (Å²) < 4.78 is 5.37. The average molecular weight is 284 g/mol. The van der Waals surface area contributed by atoms with Crippen LogP contribution in [0.2, 0.25) is 0 Å². The highest BCUT2D eigenvalue weighted by Crippen LogP contribution is 2.16. The SMILES string of the molecule is CCOc1ccc(NC(=O)CN(C)c2ccccc2)cc1. The van der Waals surface area contributed by atoms with E-state index in [4.69, 9.17) is 4.74 Å². The highest BCUT2D eigenvalue weighted by Gasteiger charge is 2.07. The lowest BCUT2D eigenvalue weighted by Crippen LogP contribution is -2.29. The van der Waals surface area contributed by atoms with E-state index in [-0.39, 0.29) is 5.91 Å². The Morgan fingerprint density at radius 1 is 1.10 bits per heavy atom. The van der Waals surface area contributed by atoms with Crippen molar-refractivity contribution in [3.63, 3.8) is 0 Å². The lowest BCUT2D eigenvalue weighted by molar-refractivity contribution is -0.114. The number of rotatable bonds is 6. The van der Waals surface area contributed by atoms with Crippen LogP contribution >= 0.6 is 0 Å². The number of ether oxygens (including phenoxy) is 1. The van der Waals surface area contributed by atoms with Gasteiger partial charge in [-0.1, -0.05) is 18.2 Å². The van der Waals surface area contributed by atoms with Gasteiger partial charge in [-0.2, -0.15) is 0 Å². The van der Waals surface area contributed by atoms with Gasteiger partial charge in [0.1, 0.15) is 5.75 Å².